The van der Waals surface area contributed by atoms with Crippen LogP contribution in [0.3, 0.4) is 0 Å². The monoisotopic (exact) mass is 326 g/mol. The van der Waals surface area contributed by atoms with Gasteiger partial charge in [0.2, 0.25) is 5.95 Å². The van der Waals surface area contributed by atoms with E-state index in [1.165, 1.54) is 0 Å². The Labute approximate surface area is 138 Å². The molecule has 7 heteroatoms. The Hall–Kier alpha value is -2.28. The zero-order valence-corrected chi connectivity index (χ0v) is 13.6. The van der Waals surface area contributed by atoms with Gasteiger partial charge >= 0.3 is 0 Å². The first-order valence-corrected chi connectivity index (χ1v) is 8.74. The number of thiazole rings is 1. The van der Waals surface area contributed by atoms with Crippen molar-refractivity contribution in [2.24, 2.45) is 0 Å². The second-order valence-corrected chi connectivity index (χ2v) is 6.45. The number of piperidine rings is 1. The fourth-order valence-electron chi connectivity index (χ4n) is 3.13. The van der Waals surface area contributed by atoms with Crippen LogP contribution >= 0.6 is 11.3 Å². The molecule has 0 radical (unpaired) electrons. The van der Waals surface area contributed by atoms with Gasteiger partial charge in [0.15, 0.2) is 0 Å². The number of hydrogen-bond donors (Lipinski definition) is 0. The molecule has 0 unspecified atom stereocenters. The van der Waals surface area contributed by atoms with Crippen molar-refractivity contribution in [2.45, 2.75) is 25.3 Å². The standard InChI is InChI=1S/C16H18N6S/c1-3-13(9-22(7-1)16-18-4-2-5-19-16)15-17-6-8-21(15)10-14-11-23-12-20-14/h2,4-6,8,11-13H,1,3,7,9-10H2/t13-/m1/s1. The average molecular weight is 326 g/mol. The van der Waals surface area contributed by atoms with Crippen LogP contribution in [0, 0.1) is 0 Å². The quantitative estimate of drug-likeness (QED) is 0.737. The third kappa shape index (κ3) is 3.10. The highest BCUT2D eigenvalue weighted by Crippen LogP contribution is 2.27. The van der Waals surface area contributed by atoms with E-state index in [1.54, 1.807) is 23.7 Å². The zero-order chi connectivity index (χ0) is 15.5. The van der Waals surface area contributed by atoms with Gasteiger partial charge in [0.25, 0.3) is 0 Å². The Morgan fingerprint density at radius 2 is 2.04 bits per heavy atom. The first-order valence-electron chi connectivity index (χ1n) is 7.80. The molecule has 0 N–H and O–H groups in total. The molecule has 0 aliphatic carbocycles. The van der Waals surface area contributed by atoms with Crippen molar-refractivity contribution in [3.63, 3.8) is 0 Å². The topological polar surface area (TPSA) is 59.7 Å². The van der Waals surface area contributed by atoms with Crippen LogP contribution in [0.1, 0.15) is 30.3 Å². The van der Waals surface area contributed by atoms with Crippen LogP contribution < -0.4 is 4.90 Å². The Kier molecular flexibility index (Phi) is 4.02. The fourth-order valence-corrected chi connectivity index (χ4v) is 3.68. The summed E-state index contributed by atoms with van der Waals surface area (Å²) in [7, 11) is 0. The van der Waals surface area contributed by atoms with E-state index in [0.717, 1.165) is 49.9 Å². The summed E-state index contributed by atoms with van der Waals surface area (Å²) in [5.41, 5.74) is 2.97. The van der Waals surface area contributed by atoms with Crippen LogP contribution in [0.25, 0.3) is 0 Å². The number of nitrogens with zero attached hydrogens (tertiary/aromatic N) is 6. The molecule has 0 saturated carbocycles. The van der Waals surface area contributed by atoms with Crippen LogP contribution in [-0.4, -0.2) is 37.6 Å². The molecule has 3 aromatic heterocycles. The summed E-state index contributed by atoms with van der Waals surface area (Å²) in [5, 5.41) is 2.09. The van der Waals surface area contributed by atoms with E-state index in [4.69, 9.17) is 0 Å². The Morgan fingerprint density at radius 1 is 1.13 bits per heavy atom. The van der Waals surface area contributed by atoms with Gasteiger partial charge in [-0.25, -0.2) is 19.9 Å². The third-order valence-corrected chi connectivity index (χ3v) is 4.82. The molecule has 0 aromatic carbocycles. The molecule has 0 bridgehead atoms. The summed E-state index contributed by atoms with van der Waals surface area (Å²) in [6.07, 6.45) is 9.82. The number of rotatable bonds is 4. The smallest absolute Gasteiger partial charge is 0.225 e. The van der Waals surface area contributed by atoms with Gasteiger partial charge in [-0.15, -0.1) is 11.3 Å². The number of aromatic nitrogens is 5. The highest BCUT2D eigenvalue weighted by Gasteiger charge is 2.26. The van der Waals surface area contributed by atoms with Gasteiger partial charge in [0.1, 0.15) is 5.82 Å². The molecule has 3 aromatic rings. The summed E-state index contributed by atoms with van der Waals surface area (Å²) < 4.78 is 2.22. The molecule has 1 fully saturated rings. The summed E-state index contributed by atoms with van der Waals surface area (Å²) in [4.78, 5) is 20.0. The van der Waals surface area contributed by atoms with Gasteiger partial charge in [0, 0.05) is 49.2 Å². The largest absolute Gasteiger partial charge is 0.340 e. The molecule has 1 aliphatic rings. The highest BCUT2D eigenvalue weighted by molar-refractivity contribution is 7.07. The lowest BCUT2D eigenvalue weighted by Gasteiger charge is -2.32. The maximum absolute atomic E-state index is 4.62. The lowest BCUT2D eigenvalue weighted by atomic mass is 9.97. The maximum Gasteiger partial charge on any atom is 0.225 e. The predicted molar refractivity (Wildman–Crippen MR) is 89.7 cm³/mol. The Bertz CT molecular complexity index is 739. The molecule has 6 nitrogen and oxygen atoms in total. The predicted octanol–water partition coefficient (Wildman–Crippen LogP) is 2.56. The molecule has 23 heavy (non-hydrogen) atoms. The first-order chi connectivity index (χ1) is 11.4. The van der Waals surface area contributed by atoms with Gasteiger partial charge in [-0.1, -0.05) is 0 Å². The van der Waals surface area contributed by atoms with Gasteiger partial charge < -0.3 is 9.47 Å². The first kappa shape index (κ1) is 14.3. The molecule has 0 amide bonds. The van der Waals surface area contributed by atoms with Crippen LogP contribution in [0.5, 0.6) is 0 Å². The van der Waals surface area contributed by atoms with Crippen molar-refractivity contribution in [1.29, 1.82) is 0 Å². The normalized spacial score (nSPS) is 18.3. The van der Waals surface area contributed by atoms with Crippen molar-refractivity contribution in [2.75, 3.05) is 18.0 Å². The van der Waals surface area contributed by atoms with Crippen molar-refractivity contribution >= 4 is 17.3 Å². The molecule has 1 saturated heterocycles. The van der Waals surface area contributed by atoms with E-state index >= 15 is 0 Å². The number of hydrogen-bond acceptors (Lipinski definition) is 6. The van der Waals surface area contributed by atoms with Crippen LogP contribution in [-0.2, 0) is 6.54 Å². The van der Waals surface area contributed by atoms with Gasteiger partial charge in [-0.3, -0.25) is 0 Å². The van der Waals surface area contributed by atoms with Gasteiger partial charge in [-0.2, -0.15) is 0 Å². The molecule has 118 valence electrons. The number of imidazole rings is 1. The van der Waals surface area contributed by atoms with E-state index in [0.29, 0.717) is 5.92 Å². The van der Waals surface area contributed by atoms with Gasteiger partial charge in [-0.05, 0) is 18.9 Å². The summed E-state index contributed by atoms with van der Waals surface area (Å²) >= 11 is 1.63. The van der Waals surface area contributed by atoms with E-state index in [1.807, 2.05) is 24.0 Å². The van der Waals surface area contributed by atoms with E-state index in [2.05, 4.69) is 34.8 Å². The van der Waals surface area contributed by atoms with Gasteiger partial charge in [0.05, 0.1) is 17.7 Å². The van der Waals surface area contributed by atoms with Crippen molar-refractivity contribution < 1.29 is 0 Å². The van der Waals surface area contributed by atoms with E-state index < -0.39 is 0 Å². The minimum atomic E-state index is 0.404. The van der Waals surface area contributed by atoms with Crippen LogP contribution in [0.15, 0.2) is 41.7 Å². The van der Waals surface area contributed by atoms with Crippen LogP contribution in [0.2, 0.25) is 0 Å². The molecule has 1 atom stereocenters. The van der Waals surface area contributed by atoms with E-state index in [9.17, 15) is 0 Å². The lowest BCUT2D eigenvalue weighted by molar-refractivity contribution is 0.471. The molecule has 0 spiro atoms. The van der Waals surface area contributed by atoms with Crippen LogP contribution in [0.4, 0.5) is 5.95 Å². The summed E-state index contributed by atoms with van der Waals surface area (Å²) in [6, 6.07) is 1.85. The molecule has 4 heterocycles. The third-order valence-electron chi connectivity index (χ3n) is 4.19. The Morgan fingerprint density at radius 3 is 2.87 bits per heavy atom. The summed E-state index contributed by atoms with van der Waals surface area (Å²) in [5.74, 6) is 2.36. The maximum atomic E-state index is 4.62. The van der Waals surface area contributed by atoms with Crippen molar-refractivity contribution in [1.82, 2.24) is 24.5 Å². The minimum absolute atomic E-state index is 0.404. The average Bonchev–Trinajstić information content (AvgIpc) is 3.28. The molecule has 1 aliphatic heterocycles. The van der Waals surface area contributed by atoms with E-state index in [-0.39, 0.29) is 0 Å². The molecular weight excluding hydrogens is 308 g/mol. The SMILES string of the molecule is c1cnc(N2CCC[C@@H](c3nccn3Cc3cscn3)C2)nc1. The Balaban J connectivity index is 1.53. The molecule has 4 rings (SSSR count). The zero-order valence-electron chi connectivity index (χ0n) is 12.7. The second kappa shape index (κ2) is 6.45. The molecular formula is C16H18N6S. The number of anilines is 1. The summed E-state index contributed by atoms with van der Waals surface area (Å²) in [6.45, 7) is 2.71. The second-order valence-electron chi connectivity index (χ2n) is 5.73. The van der Waals surface area contributed by atoms with Crippen molar-refractivity contribution in [3.8, 4) is 0 Å². The fraction of sp³-hybridized carbons (Fsp3) is 0.375. The lowest BCUT2D eigenvalue weighted by Crippen LogP contribution is -2.36. The minimum Gasteiger partial charge on any atom is -0.340 e. The highest BCUT2D eigenvalue weighted by atomic mass is 32.1. The van der Waals surface area contributed by atoms with Crippen molar-refractivity contribution in [3.05, 3.63) is 53.3 Å².